The summed E-state index contributed by atoms with van der Waals surface area (Å²) in [5, 5.41) is 10.6. The maximum atomic E-state index is 12.0. The van der Waals surface area contributed by atoms with Crippen molar-refractivity contribution in [2.24, 2.45) is 0 Å². The van der Waals surface area contributed by atoms with Gasteiger partial charge in [0.25, 0.3) is 5.69 Å². The van der Waals surface area contributed by atoms with Crippen LogP contribution in [0.2, 0.25) is 0 Å². The van der Waals surface area contributed by atoms with Crippen LogP contribution in [0.5, 0.6) is 0 Å². The van der Waals surface area contributed by atoms with E-state index in [9.17, 15) is 14.9 Å². The zero-order valence-electron chi connectivity index (χ0n) is 12.5. The van der Waals surface area contributed by atoms with Crippen LogP contribution in [0.3, 0.4) is 0 Å². The quantitative estimate of drug-likeness (QED) is 0.369. The highest BCUT2D eigenvalue weighted by molar-refractivity contribution is 5.89. The average Bonchev–Trinajstić information content (AvgIpc) is 3.09. The highest BCUT2D eigenvalue weighted by Crippen LogP contribution is 2.56. The fraction of sp³-hybridized carbons (Fsp3) is 0.562. The molecule has 1 aliphatic heterocycles. The molecule has 6 heteroatoms. The molecule has 1 aromatic carbocycles. The number of esters is 1. The molecule has 1 unspecified atom stereocenters. The molecule has 2 fully saturated rings. The van der Waals surface area contributed by atoms with E-state index in [-0.39, 0.29) is 23.5 Å². The molecule has 3 rings (SSSR count). The second-order valence-corrected chi connectivity index (χ2v) is 6.27. The van der Waals surface area contributed by atoms with E-state index in [0.717, 1.165) is 25.7 Å². The number of hydrogen-bond donors (Lipinski definition) is 0. The molecule has 0 bridgehead atoms. The van der Waals surface area contributed by atoms with Crippen molar-refractivity contribution in [3.63, 3.8) is 0 Å². The number of hydrogen-bond acceptors (Lipinski definition) is 5. The molecule has 1 heterocycles. The molecule has 1 aliphatic carbocycles. The van der Waals surface area contributed by atoms with Crippen molar-refractivity contribution in [2.75, 3.05) is 6.61 Å². The van der Waals surface area contributed by atoms with Crippen LogP contribution in [0, 0.1) is 10.1 Å². The highest BCUT2D eigenvalue weighted by atomic mass is 16.7. The minimum atomic E-state index is -0.499. The molecule has 0 amide bonds. The molecule has 0 radical (unpaired) electrons. The Labute approximate surface area is 128 Å². The lowest BCUT2D eigenvalue weighted by atomic mass is 9.81. The second kappa shape index (κ2) is 5.35. The van der Waals surface area contributed by atoms with E-state index in [1.54, 1.807) is 0 Å². The molecule has 1 spiro atoms. The Hall–Kier alpha value is -1.95. The van der Waals surface area contributed by atoms with Gasteiger partial charge < -0.3 is 9.47 Å². The number of nitro benzene ring substituents is 1. The summed E-state index contributed by atoms with van der Waals surface area (Å²) < 4.78 is 11.3. The lowest BCUT2D eigenvalue weighted by molar-refractivity contribution is -0.384. The van der Waals surface area contributed by atoms with Gasteiger partial charge in [-0.25, -0.2) is 4.79 Å². The van der Waals surface area contributed by atoms with Crippen LogP contribution >= 0.6 is 0 Å². The van der Waals surface area contributed by atoms with Crippen molar-refractivity contribution in [1.82, 2.24) is 0 Å². The predicted octanol–water partition coefficient (Wildman–Crippen LogP) is 3.24. The molecule has 1 atom stereocenters. The molecule has 6 nitrogen and oxygen atoms in total. The topological polar surface area (TPSA) is 82.0 Å². The molecule has 1 saturated heterocycles. The normalized spacial score (nSPS) is 25.7. The summed E-state index contributed by atoms with van der Waals surface area (Å²) in [7, 11) is 0. The fourth-order valence-electron chi connectivity index (χ4n) is 3.33. The van der Waals surface area contributed by atoms with Crippen LogP contribution in [0.4, 0.5) is 5.69 Å². The van der Waals surface area contributed by atoms with Crippen LogP contribution in [0.25, 0.3) is 0 Å². The van der Waals surface area contributed by atoms with E-state index in [1.807, 2.05) is 6.92 Å². The zero-order chi connectivity index (χ0) is 15.8. The Bertz CT molecular complexity index is 591. The highest BCUT2D eigenvalue weighted by Gasteiger charge is 2.66. The number of ether oxygens (including phenoxy) is 2. The van der Waals surface area contributed by atoms with Gasteiger partial charge in [0.1, 0.15) is 17.8 Å². The van der Waals surface area contributed by atoms with Crippen molar-refractivity contribution in [2.45, 2.75) is 50.2 Å². The number of nitro groups is 1. The summed E-state index contributed by atoms with van der Waals surface area (Å²) in [4.78, 5) is 22.1. The summed E-state index contributed by atoms with van der Waals surface area (Å²) >= 11 is 0. The minimum Gasteiger partial charge on any atom is -0.459 e. The summed E-state index contributed by atoms with van der Waals surface area (Å²) in [6.45, 7) is 2.21. The molecule has 0 aromatic heterocycles. The van der Waals surface area contributed by atoms with Gasteiger partial charge in [-0.05, 0) is 31.9 Å². The van der Waals surface area contributed by atoms with Gasteiger partial charge in [-0.3, -0.25) is 10.1 Å². The molecule has 1 saturated carbocycles. The number of carbonyl (C=O) groups is 1. The zero-order valence-corrected chi connectivity index (χ0v) is 12.5. The van der Waals surface area contributed by atoms with Crippen molar-refractivity contribution in [3.05, 3.63) is 39.9 Å². The Morgan fingerprint density at radius 2 is 1.91 bits per heavy atom. The Kier molecular flexibility index (Phi) is 3.64. The number of non-ortho nitro benzene ring substituents is 1. The molecule has 1 aromatic rings. The fourth-order valence-corrected chi connectivity index (χ4v) is 3.33. The third-order valence-corrected chi connectivity index (χ3v) is 4.80. The van der Waals surface area contributed by atoms with Crippen molar-refractivity contribution < 1.29 is 19.2 Å². The first kappa shape index (κ1) is 15.0. The first-order chi connectivity index (χ1) is 10.5. The lowest BCUT2D eigenvalue weighted by Crippen LogP contribution is -2.31. The van der Waals surface area contributed by atoms with Crippen molar-refractivity contribution in [3.8, 4) is 0 Å². The standard InChI is InChI=1S/C16H19NO5/c1-15(16(22-15)9-3-2-4-10-16)11-21-14(18)12-5-7-13(8-6-12)17(19)20/h5-8H,2-4,9-11H2,1H3. The smallest absolute Gasteiger partial charge is 0.338 e. The number of epoxide rings is 1. The Morgan fingerprint density at radius 1 is 1.27 bits per heavy atom. The van der Waals surface area contributed by atoms with Crippen LogP contribution in [0.15, 0.2) is 24.3 Å². The van der Waals surface area contributed by atoms with Gasteiger partial charge in [0.15, 0.2) is 0 Å². The summed E-state index contributed by atoms with van der Waals surface area (Å²) in [5.41, 5.74) is -0.229. The van der Waals surface area contributed by atoms with Crippen LogP contribution < -0.4 is 0 Å². The molecule has 0 N–H and O–H groups in total. The summed E-state index contributed by atoms with van der Waals surface area (Å²) in [5.74, 6) is -0.474. The predicted molar refractivity (Wildman–Crippen MR) is 78.7 cm³/mol. The number of rotatable bonds is 4. The largest absolute Gasteiger partial charge is 0.459 e. The first-order valence-electron chi connectivity index (χ1n) is 7.58. The van der Waals surface area contributed by atoms with Gasteiger partial charge in [0, 0.05) is 12.1 Å². The van der Waals surface area contributed by atoms with E-state index >= 15 is 0 Å². The third-order valence-electron chi connectivity index (χ3n) is 4.80. The molecular formula is C16H19NO5. The van der Waals surface area contributed by atoms with Crippen LogP contribution in [0.1, 0.15) is 49.4 Å². The number of nitrogens with zero attached hydrogens (tertiary/aromatic N) is 1. The van der Waals surface area contributed by atoms with E-state index in [1.165, 1.54) is 30.7 Å². The molecular weight excluding hydrogens is 286 g/mol. The van der Waals surface area contributed by atoms with E-state index in [0.29, 0.717) is 5.56 Å². The van der Waals surface area contributed by atoms with Crippen molar-refractivity contribution in [1.29, 1.82) is 0 Å². The van der Waals surface area contributed by atoms with E-state index in [4.69, 9.17) is 9.47 Å². The Morgan fingerprint density at radius 3 is 2.50 bits per heavy atom. The van der Waals surface area contributed by atoms with E-state index in [2.05, 4.69) is 0 Å². The van der Waals surface area contributed by atoms with Gasteiger partial charge >= 0.3 is 5.97 Å². The Balaban J connectivity index is 1.57. The first-order valence-corrected chi connectivity index (χ1v) is 7.58. The monoisotopic (exact) mass is 305 g/mol. The van der Waals surface area contributed by atoms with Gasteiger partial charge in [-0.15, -0.1) is 0 Å². The molecule has 2 aliphatic rings. The van der Waals surface area contributed by atoms with Gasteiger partial charge in [-0.1, -0.05) is 19.3 Å². The third kappa shape index (κ3) is 2.59. The SMILES string of the molecule is CC1(COC(=O)c2ccc([N+](=O)[O-])cc2)OC12CCCCC2. The van der Waals surface area contributed by atoms with Gasteiger partial charge in [0.05, 0.1) is 10.5 Å². The summed E-state index contributed by atoms with van der Waals surface area (Å²) in [6, 6.07) is 5.42. The number of benzene rings is 1. The van der Waals surface area contributed by atoms with Crippen molar-refractivity contribution >= 4 is 11.7 Å². The molecule has 22 heavy (non-hydrogen) atoms. The minimum absolute atomic E-state index is 0.0461. The average molecular weight is 305 g/mol. The van der Waals surface area contributed by atoms with E-state index < -0.39 is 10.9 Å². The maximum absolute atomic E-state index is 12.0. The van der Waals surface area contributed by atoms with Crippen LogP contribution in [-0.2, 0) is 9.47 Å². The van der Waals surface area contributed by atoms with Gasteiger partial charge in [0.2, 0.25) is 0 Å². The van der Waals surface area contributed by atoms with Crippen LogP contribution in [-0.4, -0.2) is 28.7 Å². The lowest BCUT2D eigenvalue weighted by Gasteiger charge is -2.21. The second-order valence-electron chi connectivity index (χ2n) is 6.27. The number of carbonyl (C=O) groups excluding carboxylic acids is 1. The maximum Gasteiger partial charge on any atom is 0.338 e. The van der Waals surface area contributed by atoms with Gasteiger partial charge in [-0.2, -0.15) is 0 Å². The molecule has 118 valence electrons. The summed E-state index contributed by atoms with van der Waals surface area (Å²) in [6.07, 6.45) is 5.61.